The molecule has 0 fully saturated rings. The zero-order valence-electron chi connectivity index (χ0n) is 11.0. The third kappa shape index (κ3) is 3.75. The summed E-state index contributed by atoms with van der Waals surface area (Å²) in [4.78, 5) is 8.26. The number of imidazole rings is 1. The van der Waals surface area contributed by atoms with Crippen molar-refractivity contribution in [1.82, 2.24) is 20.2 Å². The largest absolute Gasteiger partial charge is 0.355 e. The molecule has 1 aromatic rings. The van der Waals surface area contributed by atoms with Crippen LogP contribution in [-0.2, 0) is 12.3 Å². The summed E-state index contributed by atoms with van der Waals surface area (Å²) in [5.74, 6) is 3.32. The van der Waals surface area contributed by atoms with Gasteiger partial charge in [0.05, 0.1) is 5.69 Å². The minimum atomic E-state index is 0.493. The molecule has 0 saturated heterocycles. The zero-order chi connectivity index (χ0) is 14.4. The number of hydrogen-bond acceptors (Lipinski definition) is 5. The van der Waals surface area contributed by atoms with E-state index in [1.165, 1.54) is 0 Å². The van der Waals surface area contributed by atoms with Gasteiger partial charge in [0.1, 0.15) is 0 Å². The number of guanidine groups is 1. The molecule has 0 spiro atoms. The Bertz CT molecular complexity index is 536. The average molecular weight is 331 g/mol. The summed E-state index contributed by atoms with van der Waals surface area (Å²) in [6.45, 7) is 1.73. The van der Waals surface area contributed by atoms with Crippen molar-refractivity contribution < 1.29 is 0 Å². The van der Waals surface area contributed by atoms with Gasteiger partial charge in [-0.05, 0) is 0 Å². The maximum atomic E-state index is 8.50. The SMILES string of the molecule is CN=C(NC#N)NCCSCc1c(Cl)nc2n1CCS2. The van der Waals surface area contributed by atoms with Crippen LogP contribution in [0.5, 0.6) is 0 Å². The molecule has 0 amide bonds. The highest BCUT2D eigenvalue weighted by Gasteiger charge is 2.20. The average Bonchev–Trinajstić information content (AvgIpc) is 2.99. The van der Waals surface area contributed by atoms with Gasteiger partial charge in [-0.1, -0.05) is 23.4 Å². The Hall–Kier alpha value is -1.04. The maximum Gasteiger partial charge on any atom is 0.204 e. The first-order chi connectivity index (χ1) is 9.76. The fourth-order valence-corrected chi connectivity index (χ4v) is 4.01. The Kier molecular flexibility index (Phi) is 5.88. The fourth-order valence-electron chi connectivity index (χ4n) is 1.78. The van der Waals surface area contributed by atoms with Gasteiger partial charge in [0, 0.05) is 37.4 Å². The van der Waals surface area contributed by atoms with Gasteiger partial charge < -0.3 is 9.88 Å². The van der Waals surface area contributed by atoms with Crippen molar-refractivity contribution in [3.8, 4) is 6.19 Å². The van der Waals surface area contributed by atoms with E-state index in [1.807, 2.05) is 6.19 Å². The van der Waals surface area contributed by atoms with Gasteiger partial charge in [0.2, 0.25) is 5.96 Å². The number of thioether (sulfide) groups is 2. The molecule has 1 aliphatic heterocycles. The fraction of sp³-hybridized carbons (Fsp3) is 0.545. The summed E-state index contributed by atoms with van der Waals surface area (Å²) in [5, 5.41) is 15.7. The summed E-state index contributed by atoms with van der Waals surface area (Å²) in [7, 11) is 1.63. The summed E-state index contributed by atoms with van der Waals surface area (Å²) < 4.78 is 2.20. The van der Waals surface area contributed by atoms with Gasteiger partial charge in [-0.15, -0.1) is 0 Å². The molecule has 0 radical (unpaired) electrons. The first kappa shape index (κ1) is 15.4. The first-order valence-corrected chi connectivity index (χ1v) is 8.59. The highest BCUT2D eigenvalue weighted by molar-refractivity contribution is 7.99. The monoisotopic (exact) mass is 330 g/mol. The summed E-state index contributed by atoms with van der Waals surface area (Å²) in [6.07, 6.45) is 1.84. The first-order valence-electron chi connectivity index (χ1n) is 6.07. The second-order valence-corrected chi connectivity index (χ2v) is 6.45. The molecule has 0 aliphatic carbocycles. The molecule has 6 nitrogen and oxygen atoms in total. The Balaban J connectivity index is 1.73. The Morgan fingerprint density at radius 2 is 2.55 bits per heavy atom. The number of rotatable bonds is 5. The van der Waals surface area contributed by atoms with Crippen LogP contribution in [0.3, 0.4) is 0 Å². The standard InChI is InChI=1S/C11H15ClN6S2/c1-14-10(16-7-13)15-2-4-19-6-8-9(12)17-11-18(8)3-5-20-11/h2-6H2,1H3,(H2,14,15,16). The smallest absolute Gasteiger partial charge is 0.204 e. The highest BCUT2D eigenvalue weighted by Crippen LogP contribution is 2.32. The molecule has 20 heavy (non-hydrogen) atoms. The molecule has 2 heterocycles. The van der Waals surface area contributed by atoms with Crippen LogP contribution in [0, 0.1) is 11.5 Å². The van der Waals surface area contributed by atoms with Crippen molar-refractivity contribution in [2.24, 2.45) is 4.99 Å². The molecule has 0 bridgehead atoms. The van der Waals surface area contributed by atoms with Gasteiger partial charge in [-0.2, -0.15) is 17.0 Å². The van der Waals surface area contributed by atoms with Crippen LogP contribution in [0.4, 0.5) is 0 Å². The summed E-state index contributed by atoms with van der Waals surface area (Å²) in [6, 6.07) is 0. The molecule has 1 aromatic heterocycles. The number of aromatic nitrogens is 2. The van der Waals surface area contributed by atoms with Crippen molar-refractivity contribution in [1.29, 1.82) is 5.26 Å². The molecule has 0 aromatic carbocycles. The molecule has 0 atom stereocenters. The van der Waals surface area contributed by atoms with Crippen LogP contribution >= 0.6 is 35.1 Å². The lowest BCUT2D eigenvalue weighted by Gasteiger charge is -2.07. The van der Waals surface area contributed by atoms with Crippen LogP contribution in [0.2, 0.25) is 5.15 Å². The zero-order valence-corrected chi connectivity index (χ0v) is 13.4. The van der Waals surface area contributed by atoms with Gasteiger partial charge in [0.15, 0.2) is 16.5 Å². The third-order valence-electron chi connectivity index (χ3n) is 2.71. The quantitative estimate of drug-likeness (QED) is 0.280. The summed E-state index contributed by atoms with van der Waals surface area (Å²) in [5.41, 5.74) is 1.11. The van der Waals surface area contributed by atoms with E-state index in [1.54, 1.807) is 30.6 Å². The number of aliphatic imine (C=N–C) groups is 1. The van der Waals surface area contributed by atoms with E-state index < -0.39 is 0 Å². The van der Waals surface area contributed by atoms with Gasteiger partial charge in [0.25, 0.3) is 0 Å². The van der Waals surface area contributed by atoms with E-state index in [0.29, 0.717) is 11.1 Å². The number of nitrogens with zero attached hydrogens (tertiary/aromatic N) is 4. The number of halogens is 1. The Morgan fingerprint density at radius 1 is 1.70 bits per heavy atom. The minimum absolute atomic E-state index is 0.493. The second kappa shape index (κ2) is 7.67. The van der Waals surface area contributed by atoms with Crippen LogP contribution in [0.25, 0.3) is 0 Å². The van der Waals surface area contributed by atoms with E-state index in [-0.39, 0.29) is 0 Å². The van der Waals surface area contributed by atoms with Crippen molar-refractivity contribution in [2.75, 3.05) is 25.1 Å². The van der Waals surface area contributed by atoms with Gasteiger partial charge in [-0.3, -0.25) is 10.3 Å². The van der Waals surface area contributed by atoms with Crippen LogP contribution in [-0.4, -0.2) is 40.6 Å². The molecular weight excluding hydrogens is 316 g/mol. The van der Waals surface area contributed by atoms with E-state index in [0.717, 1.165) is 41.2 Å². The molecule has 2 rings (SSSR count). The predicted octanol–water partition coefficient (Wildman–Crippen LogP) is 1.52. The predicted molar refractivity (Wildman–Crippen MR) is 84.2 cm³/mol. The van der Waals surface area contributed by atoms with E-state index in [9.17, 15) is 0 Å². The van der Waals surface area contributed by atoms with Gasteiger partial charge >= 0.3 is 0 Å². The molecular formula is C11H15ClN6S2. The van der Waals surface area contributed by atoms with Crippen molar-refractivity contribution in [3.05, 3.63) is 10.8 Å². The Labute approximate surface area is 131 Å². The number of hydrogen-bond donors (Lipinski definition) is 2. The lowest BCUT2D eigenvalue weighted by molar-refractivity contribution is 0.695. The maximum absolute atomic E-state index is 8.50. The highest BCUT2D eigenvalue weighted by atomic mass is 35.5. The van der Waals surface area contributed by atoms with Crippen molar-refractivity contribution >= 4 is 41.1 Å². The topological polar surface area (TPSA) is 78.0 Å². The van der Waals surface area contributed by atoms with E-state index >= 15 is 0 Å². The van der Waals surface area contributed by atoms with Crippen LogP contribution < -0.4 is 10.6 Å². The molecule has 0 saturated carbocycles. The van der Waals surface area contributed by atoms with Crippen LogP contribution in [0.1, 0.15) is 5.69 Å². The molecule has 1 aliphatic rings. The second-order valence-electron chi connectivity index (χ2n) is 3.92. The Morgan fingerprint density at radius 3 is 3.30 bits per heavy atom. The summed E-state index contributed by atoms with van der Waals surface area (Å²) >= 11 is 9.68. The van der Waals surface area contributed by atoms with Gasteiger partial charge in [-0.25, -0.2) is 4.98 Å². The lowest BCUT2D eigenvalue weighted by Crippen LogP contribution is -2.35. The van der Waals surface area contributed by atoms with E-state index in [2.05, 4.69) is 25.2 Å². The molecule has 0 unspecified atom stereocenters. The number of nitrogens with one attached hydrogen (secondary N) is 2. The molecule has 108 valence electrons. The third-order valence-corrected chi connectivity index (χ3v) is 4.94. The lowest BCUT2D eigenvalue weighted by atomic mass is 10.5. The molecule has 2 N–H and O–H groups in total. The van der Waals surface area contributed by atoms with Crippen molar-refractivity contribution in [3.63, 3.8) is 0 Å². The normalized spacial score (nSPS) is 13.9. The van der Waals surface area contributed by atoms with Crippen molar-refractivity contribution in [2.45, 2.75) is 17.5 Å². The minimum Gasteiger partial charge on any atom is -0.355 e. The molecule has 9 heteroatoms. The number of fused-ring (bicyclic) bond motifs is 1. The van der Waals surface area contributed by atoms with Crippen LogP contribution in [0.15, 0.2) is 10.1 Å². The van der Waals surface area contributed by atoms with E-state index in [4.69, 9.17) is 16.9 Å². The number of nitriles is 1.